The molecule has 4 nitrogen and oxygen atoms in total. The van der Waals surface area contributed by atoms with Gasteiger partial charge in [-0.05, 0) is 50.6 Å². The summed E-state index contributed by atoms with van der Waals surface area (Å²) in [7, 11) is 0. The molecule has 0 aromatic heterocycles. The highest BCUT2D eigenvalue weighted by atomic mass is 35.5. The number of rotatable bonds is 3. The summed E-state index contributed by atoms with van der Waals surface area (Å²) in [5, 5.41) is 13.3. The van der Waals surface area contributed by atoms with Gasteiger partial charge in [0, 0.05) is 10.6 Å². The monoisotopic (exact) mass is 401 g/mol. The van der Waals surface area contributed by atoms with E-state index in [1.54, 1.807) is 20.8 Å². The van der Waals surface area contributed by atoms with E-state index in [1.165, 1.54) is 36.4 Å². The number of amides is 1. The summed E-state index contributed by atoms with van der Waals surface area (Å²) in [4.78, 5) is 12.0. The number of benzene rings is 2. The van der Waals surface area contributed by atoms with Crippen molar-refractivity contribution in [3.63, 3.8) is 0 Å². The van der Waals surface area contributed by atoms with Crippen LogP contribution in [0.1, 0.15) is 43.6 Å². The van der Waals surface area contributed by atoms with Gasteiger partial charge in [-0.2, -0.15) is 13.2 Å². The molecule has 0 heterocycles. The van der Waals surface area contributed by atoms with Crippen LogP contribution in [0, 0.1) is 0 Å². The van der Waals surface area contributed by atoms with E-state index in [1.807, 2.05) is 0 Å². The van der Waals surface area contributed by atoms with E-state index in [2.05, 4.69) is 5.32 Å². The van der Waals surface area contributed by atoms with Gasteiger partial charge in [0.05, 0.1) is 11.3 Å². The van der Waals surface area contributed by atoms with Crippen molar-refractivity contribution >= 4 is 23.4 Å². The predicted molar refractivity (Wildman–Crippen MR) is 96.8 cm³/mol. The van der Waals surface area contributed by atoms with Crippen molar-refractivity contribution in [1.29, 1.82) is 0 Å². The maximum Gasteiger partial charge on any atom is 0.416 e. The number of carbonyl (C=O) groups excluding carboxylic acids is 1. The molecule has 0 radical (unpaired) electrons. The van der Waals surface area contributed by atoms with Crippen LogP contribution >= 0.6 is 11.6 Å². The van der Waals surface area contributed by atoms with Gasteiger partial charge in [0.1, 0.15) is 11.7 Å². The third-order valence-electron chi connectivity index (χ3n) is 3.50. The molecule has 1 atom stereocenters. The zero-order valence-electron chi connectivity index (χ0n) is 14.9. The predicted octanol–water partition coefficient (Wildman–Crippen LogP) is 5.79. The Bertz CT molecular complexity index is 832. The molecule has 2 aromatic carbocycles. The average Bonchev–Trinajstić information content (AvgIpc) is 2.53. The molecule has 0 aliphatic carbocycles. The average molecular weight is 402 g/mol. The van der Waals surface area contributed by atoms with E-state index in [9.17, 15) is 23.1 Å². The SMILES string of the molecule is CC(C)(C)OC(=O)Nc1ccc(Cl)cc1C(O)c1ccccc1C(F)(F)F. The van der Waals surface area contributed by atoms with E-state index in [4.69, 9.17) is 16.3 Å². The molecular formula is C19H19ClF3NO3. The second-order valence-corrected chi connectivity index (χ2v) is 7.28. The zero-order chi connectivity index (χ0) is 20.4. The molecule has 2 rings (SSSR count). The van der Waals surface area contributed by atoms with E-state index >= 15 is 0 Å². The fourth-order valence-corrected chi connectivity index (χ4v) is 2.63. The van der Waals surface area contributed by atoms with Gasteiger partial charge in [0.2, 0.25) is 0 Å². The third kappa shape index (κ3) is 5.61. The van der Waals surface area contributed by atoms with Crippen LogP contribution in [0.15, 0.2) is 42.5 Å². The summed E-state index contributed by atoms with van der Waals surface area (Å²) >= 11 is 5.94. The van der Waals surface area contributed by atoms with Gasteiger partial charge in [-0.15, -0.1) is 0 Å². The Morgan fingerprint density at radius 3 is 2.33 bits per heavy atom. The number of hydrogen-bond donors (Lipinski definition) is 2. The summed E-state index contributed by atoms with van der Waals surface area (Å²) in [6.07, 6.45) is -7.11. The number of aliphatic hydroxyl groups excluding tert-OH is 1. The maximum atomic E-state index is 13.3. The largest absolute Gasteiger partial charge is 0.444 e. The van der Waals surface area contributed by atoms with Crippen LogP contribution < -0.4 is 5.32 Å². The number of nitrogens with one attached hydrogen (secondary N) is 1. The lowest BCUT2D eigenvalue weighted by molar-refractivity contribution is -0.139. The normalized spacial score (nSPS) is 13.2. The number of anilines is 1. The Morgan fingerprint density at radius 2 is 1.74 bits per heavy atom. The van der Waals surface area contributed by atoms with Crippen molar-refractivity contribution < 1.29 is 27.8 Å². The number of aliphatic hydroxyl groups is 1. The number of halogens is 4. The number of carbonyl (C=O) groups is 1. The Labute approximate surface area is 159 Å². The van der Waals surface area contributed by atoms with Gasteiger partial charge in [0.15, 0.2) is 0 Å². The van der Waals surface area contributed by atoms with Gasteiger partial charge >= 0.3 is 12.3 Å². The minimum absolute atomic E-state index is 0.0186. The van der Waals surface area contributed by atoms with Gasteiger partial charge in [-0.25, -0.2) is 4.79 Å². The van der Waals surface area contributed by atoms with E-state index in [-0.39, 0.29) is 21.8 Å². The molecule has 0 spiro atoms. The summed E-state index contributed by atoms with van der Waals surface area (Å²) in [5.41, 5.74) is -1.97. The molecule has 1 amide bonds. The van der Waals surface area contributed by atoms with Gasteiger partial charge in [0.25, 0.3) is 0 Å². The van der Waals surface area contributed by atoms with Crippen molar-refractivity contribution in [2.24, 2.45) is 0 Å². The molecule has 0 bridgehead atoms. The standard InChI is InChI=1S/C19H19ClF3NO3/c1-18(2,3)27-17(26)24-15-9-8-11(20)10-13(15)16(25)12-6-4-5-7-14(12)19(21,22)23/h4-10,16,25H,1-3H3,(H,24,26). The van der Waals surface area contributed by atoms with E-state index in [0.717, 1.165) is 6.07 Å². The first-order chi connectivity index (χ1) is 12.4. The van der Waals surface area contributed by atoms with Crippen LogP contribution in [0.5, 0.6) is 0 Å². The second-order valence-electron chi connectivity index (χ2n) is 6.85. The maximum absolute atomic E-state index is 13.3. The molecule has 27 heavy (non-hydrogen) atoms. The Kier molecular flexibility index (Phi) is 6.07. The molecule has 2 N–H and O–H groups in total. The van der Waals surface area contributed by atoms with Crippen LogP contribution in [-0.4, -0.2) is 16.8 Å². The minimum atomic E-state index is -4.64. The first-order valence-electron chi connectivity index (χ1n) is 8.02. The zero-order valence-corrected chi connectivity index (χ0v) is 15.7. The van der Waals surface area contributed by atoms with E-state index < -0.39 is 29.5 Å². The van der Waals surface area contributed by atoms with Crippen molar-refractivity contribution in [1.82, 2.24) is 0 Å². The van der Waals surface area contributed by atoms with Crippen molar-refractivity contribution in [3.8, 4) is 0 Å². The van der Waals surface area contributed by atoms with E-state index in [0.29, 0.717) is 0 Å². The van der Waals surface area contributed by atoms with Crippen LogP contribution in [0.2, 0.25) is 5.02 Å². The third-order valence-corrected chi connectivity index (χ3v) is 3.74. The Hall–Kier alpha value is -2.25. The fraction of sp³-hybridized carbons (Fsp3) is 0.316. The highest BCUT2D eigenvalue weighted by Crippen LogP contribution is 2.38. The first kappa shape index (κ1) is 21.1. The quantitative estimate of drug-likeness (QED) is 0.684. The molecule has 0 fully saturated rings. The second kappa shape index (κ2) is 7.78. The molecule has 1 unspecified atom stereocenters. The number of ether oxygens (including phenoxy) is 1. The molecule has 0 aliphatic heterocycles. The highest BCUT2D eigenvalue weighted by molar-refractivity contribution is 6.30. The first-order valence-corrected chi connectivity index (χ1v) is 8.40. The molecule has 146 valence electrons. The van der Waals surface area contributed by atoms with Crippen LogP contribution in [-0.2, 0) is 10.9 Å². The summed E-state index contributed by atoms with van der Waals surface area (Å²) < 4.78 is 45.0. The smallest absolute Gasteiger partial charge is 0.416 e. The molecular weight excluding hydrogens is 383 g/mol. The molecule has 8 heteroatoms. The molecule has 0 saturated heterocycles. The lowest BCUT2D eigenvalue weighted by atomic mass is 9.95. The van der Waals surface area contributed by atoms with Crippen LogP contribution in [0.4, 0.5) is 23.7 Å². The Morgan fingerprint density at radius 1 is 1.11 bits per heavy atom. The Balaban J connectivity index is 2.44. The van der Waals surface area contributed by atoms with Crippen LogP contribution in [0.25, 0.3) is 0 Å². The highest BCUT2D eigenvalue weighted by Gasteiger charge is 2.35. The van der Waals surface area contributed by atoms with Crippen molar-refractivity contribution in [2.75, 3.05) is 5.32 Å². The molecule has 0 saturated carbocycles. The minimum Gasteiger partial charge on any atom is -0.444 e. The number of alkyl halides is 3. The molecule has 0 aliphatic rings. The fourth-order valence-electron chi connectivity index (χ4n) is 2.45. The van der Waals surface area contributed by atoms with Crippen LogP contribution in [0.3, 0.4) is 0 Å². The molecule has 2 aromatic rings. The van der Waals surface area contributed by atoms with Gasteiger partial charge < -0.3 is 9.84 Å². The van der Waals surface area contributed by atoms with Gasteiger partial charge in [-0.3, -0.25) is 5.32 Å². The van der Waals surface area contributed by atoms with Gasteiger partial charge in [-0.1, -0.05) is 29.8 Å². The summed E-state index contributed by atoms with van der Waals surface area (Å²) in [6, 6.07) is 8.80. The van der Waals surface area contributed by atoms with Crippen molar-refractivity contribution in [2.45, 2.75) is 38.7 Å². The number of hydrogen-bond acceptors (Lipinski definition) is 3. The topological polar surface area (TPSA) is 58.6 Å². The van der Waals surface area contributed by atoms with Crippen molar-refractivity contribution in [3.05, 3.63) is 64.2 Å². The summed E-state index contributed by atoms with van der Waals surface area (Å²) in [5.74, 6) is 0. The lowest BCUT2D eigenvalue weighted by Crippen LogP contribution is -2.27. The lowest BCUT2D eigenvalue weighted by Gasteiger charge is -2.23. The summed E-state index contributed by atoms with van der Waals surface area (Å²) in [6.45, 7) is 5.01.